The van der Waals surface area contributed by atoms with Gasteiger partial charge in [-0.1, -0.05) is 62.3 Å². The van der Waals surface area contributed by atoms with Crippen molar-refractivity contribution < 1.29 is 9.47 Å². The zero-order valence-electron chi connectivity index (χ0n) is 23.9. The number of anilines is 1. The lowest BCUT2D eigenvalue weighted by Gasteiger charge is -2.52. The zero-order chi connectivity index (χ0) is 27.3. The standard InChI is InChI=1S/C28H44N6O2/c1-24(2)25(3,4)27(7,8)28(9,26(24,5)6)20(15-30-10)34-16-18(14-33-34)22-19(13-21(35-11)36-12)23(29)32-17-31-22/h14,16-17,20-21H,13,15H2,1-9,11-12H3,(H2,29,31,32)/t20-/m1/s1. The molecule has 0 bridgehead atoms. The summed E-state index contributed by atoms with van der Waals surface area (Å²) in [5, 5.41) is 4.83. The van der Waals surface area contributed by atoms with Crippen LogP contribution in [0.15, 0.2) is 18.7 Å². The fourth-order valence-corrected chi connectivity index (χ4v) is 7.03. The molecule has 0 aromatic carbocycles. The Morgan fingerprint density at radius 3 is 2.00 bits per heavy atom. The molecule has 1 atom stereocenters. The lowest BCUT2D eigenvalue weighted by atomic mass is 9.53. The van der Waals surface area contributed by atoms with E-state index >= 15 is 0 Å². The summed E-state index contributed by atoms with van der Waals surface area (Å²) in [6, 6.07) is -0.136. The normalized spacial score (nSPS) is 21.9. The van der Waals surface area contributed by atoms with Gasteiger partial charge in [-0.05, 0) is 21.7 Å². The summed E-state index contributed by atoms with van der Waals surface area (Å²) in [4.78, 5) is 12.7. The lowest BCUT2D eigenvalue weighted by Crippen LogP contribution is -2.50. The van der Waals surface area contributed by atoms with Crippen molar-refractivity contribution in [3.05, 3.63) is 35.7 Å². The summed E-state index contributed by atoms with van der Waals surface area (Å²) in [5.41, 5.74) is 8.13. The van der Waals surface area contributed by atoms with E-state index in [4.69, 9.17) is 26.9 Å². The van der Waals surface area contributed by atoms with Crippen LogP contribution in [-0.4, -0.2) is 46.8 Å². The van der Waals surface area contributed by atoms with Crippen LogP contribution in [0.25, 0.3) is 16.1 Å². The molecular weight excluding hydrogens is 452 g/mol. The molecule has 0 radical (unpaired) electrons. The van der Waals surface area contributed by atoms with Crippen molar-refractivity contribution in [1.29, 1.82) is 0 Å². The third kappa shape index (κ3) is 3.58. The summed E-state index contributed by atoms with van der Waals surface area (Å²) in [6.45, 7) is 29.5. The highest BCUT2D eigenvalue weighted by molar-refractivity contribution is 5.66. The first kappa shape index (κ1) is 28.1. The predicted molar refractivity (Wildman–Crippen MR) is 143 cm³/mol. The molecule has 0 unspecified atom stereocenters. The van der Waals surface area contributed by atoms with E-state index in [1.54, 1.807) is 14.2 Å². The number of nitrogens with zero attached hydrogens (tertiary/aromatic N) is 5. The minimum atomic E-state index is -0.467. The van der Waals surface area contributed by atoms with Crippen LogP contribution in [0.5, 0.6) is 0 Å². The highest BCUT2D eigenvalue weighted by Gasteiger charge is 2.76. The zero-order valence-corrected chi connectivity index (χ0v) is 23.9. The van der Waals surface area contributed by atoms with Crippen molar-refractivity contribution in [1.82, 2.24) is 19.7 Å². The van der Waals surface area contributed by atoms with Crippen molar-refractivity contribution in [3.8, 4) is 11.3 Å². The second-order valence-electron chi connectivity index (χ2n) is 12.5. The Kier molecular flexibility index (Phi) is 7.10. The van der Waals surface area contributed by atoms with Crippen molar-refractivity contribution in [2.24, 2.45) is 27.1 Å². The van der Waals surface area contributed by atoms with Gasteiger partial charge in [0, 0.05) is 43.4 Å². The van der Waals surface area contributed by atoms with Crippen LogP contribution >= 0.6 is 0 Å². The molecule has 0 spiro atoms. The fraction of sp³-hybridized carbons (Fsp3) is 0.714. The van der Waals surface area contributed by atoms with Crippen molar-refractivity contribution in [2.45, 2.75) is 81.1 Å². The molecule has 2 aromatic heterocycles. The Bertz CT molecular complexity index is 1110. The van der Waals surface area contributed by atoms with Gasteiger partial charge in [0.25, 0.3) is 0 Å². The maximum atomic E-state index is 7.86. The smallest absolute Gasteiger partial charge is 0.237 e. The largest absolute Gasteiger partial charge is 0.383 e. The third-order valence-electron chi connectivity index (χ3n) is 11.3. The summed E-state index contributed by atoms with van der Waals surface area (Å²) in [6.07, 6.45) is 5.22. The van der Waals surface area contributed by atoms with E-state index < -0.39 is 6.29 Å². The average molecular weight is 497 g/mol. The van der Waals surface area contributed by atoms with E-state index in [1.807, 2.05) is 17.1 Å². The van der Waals surface area contributed by atoms with Gasteiger partial charge in [0.15, 0.2) is 6.29 Å². The van der Waals surface area contributed by atoms with Crippen LogP contribution in [0.3, 0.4) is 0 Å². The molecule has 1 aliphatic carbocycles. The number of nitrogen functional groups attached to an aromatic ring is 1. The van der Waals surface area contributed by atoms with Crippen LogP contribution < -0.4 is 5.73 Å². The molecule has 3 rings (SSSR count). The van der Waals surface area contributed by atoms with Gasteiger partial charge in [0.2, 0.25) is 6.54 Å². The molecule has 2 N–H and O–H groups in total. The molecule has 2 aromatic rings. The van der Waals surface area contributed by atoms with Crippen LogP contribution in [-0.2, 0) is 15.9 Å². The number of aromatic nitrogens is 4. The second kappa shape index (κ2) is 9.11. The molecule has 198 valence electrons. The number of methoxy groups -OCH3 is 2. The van der Waals surface area contributed by atoms with Crippen LogP contribution in [0.1, 0.15) is 73.9 Å². The minimum Gasteiger partial charge on any atom is -0.383 e. The van der Waals surface area contributed by atoms with Gasteiger partial charge in [0.1, 0.15) is 18.2 Å². The van der Waals surface area contributed by atoms with E-state index in [-0.39, 0.29) is 33.1 Å². The number of nitrogens with two attached hydrogens (primary N) is 1. The molecule has 1 fully saturated rings. The van der Waals surface area contributed by atoms with Crippen LogP contribution in [0.4, 0.5) is 5.82 Å². The van der Waals surface area contributed by atoms with Gasteiger partial charge in [-0.25, -0.2) is 16.5 Å². The van der Waals surface area contributed by atoms with E-state index in [1.165, 1.54) is 6.33 Å². The van der Waals surface area contributed by atoms with E-state index in [0.29, 0.717) is 24.5 Å². The Morgan fingerprint density at radius 1 is 0.944 bits per heavy atom. The fourth-order valence-electron chi connectivity index (χ4n) is 7.03. The van der Waals surface area contributed by atoms with Crippen molar-refractivity contribution in [3.63, 3.8) is 0 Å². The molecule has 0 amide bonds. The quantitative estimate of drug-likeness (QED) is 0.374. The Morgan fingerprint density at radius 2 is 1.50 bits per heavy atom. The first-order valence-electron chi connectivity index (χ1n) is 12.6. The highest BCUT2D eigenvalue weighted by Crippen LogP contribution is 2.80. The van der Waals surface area contributed by atoms with Gasteiger partial charge < -0.3 is 20.1 Å². The number of hydrogen-bond acceptors (Lipinski definition) is 6. The van der Waals surface area contributed by atoms with Gasteiger partial charge >= 0.3 is 0 Å². The Labute approximate surface area is 216 Å². The van der Waals surface area contributed by atoms with E-state index in [2.05, 4.69) is 77.1 Å². The molecule has 8 heteroatoms. The molecule has 2 heterocycles. The molecule has 36 heavy (non-hydrogen) atoms. The number of rotatable bonds is 8. The van der Waals surface area contributed by atoms with E-state index in [9.17, 15) is 0 Å². The molecule has 1 aliphatic rings. The molecule has 0 saturated heterocycles. The topological polar surface area (TPSA) is 92.4 Å². The van der Waals surface area contributed by atoms with Gasteiger partial charge in [-0.3, -0.25) is 4.68 Å². The maximum Gasteiger partial charge on any atom is 0.237 e. The first-order valence-corrected chi connectivity index (χ1v) is 12.6. The minimum absolute atomic E-state index is 0.0120. The summed E-state index contributed by atoms with van der Waals surface area (Å²) >= 11 is 0. The SMILES string of the molecule is [C-]#[N+]C[C@@H](n1cc(-c2ncnc(N)c2CC(OC)OC)cn1)C1(C)C(C)(C)C(C)(C)C(C)(C)C1(C)C. The van der Waals surface area contributed by atoms with E-state index in [0.717, 1.165) is 11.1 Å². The highest BCUT2D eigenvalue weighted by atomic mass is 16.7. The van der Waals surface area contributed by atoms with Gasteiger partial charge in [-0.2, -0.15) is 5.10 Å². The lowest BCUT2D eigenvalue weighted by molar-refractivity contribution is -0.100. The van der Waals surface area contributed by atoms with Gasteiger partial charge in [-0.15, -0.1) is 0 Å². The first-order chi connectivity index (χ1) is 16.6. The molecule has 1 saturated carbocycles. The Balaban J connectivity index is 2.17. The second-order valence-corrected chi connectivity index (χ2v) is 12.5. The molecule has 0 aliphatic heterocycles. The number of ether oxygens (including phenoxy) is 2. The van der Waals surface area contributed by atoms with Crippen LogP contribution in [0, 0.1) is 33.6 Å². The van der Waals surface area contributed by atoms with Crippen LogP contribution in [0.2, 0.25) is 0 Å². The Hall–Kier alpha value is -2.50. The predicted octanol–water partition coefficient (Wildman–Crippen LogP) is 5.67. The summed E-state index contributed by atoms with van der Waals surface area (Å²) in [5.74, 6) is 0.387. The summed E-state index contributed by atoms with van der Waals surface area (Å²) < 4.78 is 12.8. The van der Waals surface area contributed by atoms with Crippen molar-refractivity contribution >= 4 is 5.82 Å². The maximum absolute atomic E-state index is 7.86. The average Bonchev–Trinajstić information content (AvgIpc) is 3.31. The third-order valence-corrected chi connectivity index (χ3v) is 11.3. The molecular formula is C28H44N6O2. The molecule has 8 nitrogen and oxygen atoms in total. The number of hydrogen-bond donors (Lipinski definition) is 1. The van der Waals surface area contributed by atoms with Gasteiger partial charge in [0.05, 0.1) is 11.9 Å². The summed E-state index contributed by atoms with van der Waals surface area (Å²) in [7, 11) is 3.19. The monoisotopic (exact) mass is 496 g/mol. The van der Waals surface area contributed by atoms with Crippen molar-refractivity contribution in [2.75, 3.05) is 26.5 Å².